The molecule has 0 amide bonds. The molecule has 0 aliphatic heterocycles. The molecule has 0 saturated heterocycles. The first-order valence-electron chi connectivity index (χ1n) is 6.79. The second-order valence-electron chi connectivity index (χ2n) is 4.98. The molecular formula is C17H17BrO3. The quantitative estimate of drug-likeness (QED) is 0.607. The van der Waals surface area contributed by atoms with Crippen molar-refractivity contribution < 1.29 is 14.3 Å². The molecule has 0 heterocycles. The number of hydrogen-bond donors (Lipinski definition) is 0. The van der Waals surface area contributed by atoms with Crippen LogP contribution in [0, 0.1) is 5.92 Å². The Bertz CT molecular complexity index is 679. The first kappa shape index (κ1) is 15.7. The summed E-state index contributed by atoms with van der Waals surface area (Å²) in [5, 5.41) is 2.29. The van der Waals surface area contributed by atoms with Crippen LogP contribution in [-0.4, -0.2) is 18.9 Å². The fourth-order valence-electron chi connectivity index (χ4n) is 2.40. The fraction of sp³-hybridized carbons (Fsp3) is 0.294. The molecule has 0 saturated carbocycles. The predicted octanol–water partition coefficient (Wildman–Crippen LogP) is 3.91. The van der Waals surface area contributed by atoms with Crippen molar-refractivity contribution in [2.75, 3.05) is 7.11 Å². The zero-order valence-electron chi connectivity index (χ0n) is 12.1. The summed E-state index contributed by atoms with van der Waals surface area (Å²) in [6, 6.07) is 12.2. The van der Waals surface area contributed by atoms with Gasteiger partial charge >= 0.3 is 5.97 Å². The van der Waals surface area contributed by atoms with Gasteiger partial charge < -0.3 is 4.74 Å². The normalized spacial score (nSPS) is 12.1. The van der Waals surface area contributed by atoms with Gasteiger partial charge in [-0.15, -0.1) is 0 Å². The van der Waals surface area contributed by atoms with Crippen LogP contribution >= 0.6 is 15.9 Å². The summed E-state index contributed by atoms with van der Waals surface area (Å²) in [7, 11) is 1.31. The van der Waals surface area contributed by atoms with Gasteiger partial charge in [0.1, 0.15) is 11.7 Å². The number of methoxy groups -OCH3 is 1. The number of ketones is 1. The van der Waals surface area contributed by atoms with E-state index in [1.165, 1.54) is 14.0 Å². The minimum atomic E-state index is -0.687. The summed E-state index contributed by atoms with van der Waals surface area (Å²) in [5.74, 6) is -1.30. The monoisotopic (exact) mass is 348 g/mol. The number of carbonyl (C=O) groups is 2. The van der Waals surface area contributed by atoms with E-state index in [-0.39, 0.29) is 5.78 Å². The molecule has 21 heavy (non-hydrogen) atoms. The van der Waals surface area contributed by atoms with E-state index in [4.69, 9.17) is 4.74 Å². The maximum Gasteiger partial charge on any atom is 0.316 e. The molecule has 0 spiro atoms. The molecule has 0 bridgehead atoms. The average molecular weight is 349 g/mol. The SMILES string of the molecule is COC(=O)C(CCc1ccc2ccccc2c1Br)C(C)=O. The molecule has 2 aromatic carbocycles. The first-order chi connectivity index (χ1) is 10.0. The van der Waals surface area contributed by atoms with Gasteiger partial charge in [-0.1, -0.05) is 36.4 Å². The zero-order valence-corrected chi connectivity index (χ0v) is 13.6. The minimum Gasteiger partial charge on any atom is -0.468 e. The number of fused-ring (bicyclic) bond motifs is 1. The molecule has 0 aliphatic rings. The Kier molecular flexibility index (Phi) is 5.12. The van der Waals surface area contributed by atoms with Crippen molar-refractivity contribution in [3.05, 3.63) is 46.4 Å². The van der Waals surface area contributed by atoms with Crippen LogP contribution in [0.15, 0.2) is 40.9 Å². The van der Waals surface area contributed by atoms with E-state index < -0.39 is 11.9 Å². The average Bonchev–Trinajstić information content (AvgIpc) is 2.49. The van der Waals surface area contributed by atoms with Crippen LogP contribution in [0.3, 0.4) is 0 Å². The van der Waals surface area contributed by atoms with Crippen LogP contribution in [0.2, 0.25) is 0 Å². The Hall–Kier alpha value is -1.68. The third-order valence-corrected chi connectivity index (χ3v) is 4.56. The number of rotatable bonds is 5. The number of carbonyl (C=O) groups excluding carboxylic acids is 2. The largest absolute Gasteiger partial charge is 0.468 e. The molecule has 0 N–H and O–H groups in total. The number of ether oxygens (including phenoxy) is 1. The molecule has 4 heteroatoms. The molecular weight excluding hydrogens is 332 g/mol. The van der Waals surface area contributed by atoms with Crippen molar-refractivity contribution >= 4 is 38.5 Å². The van der Waals surface area contributed by atoms with Crippen LogP contribution in [0.5, 0.6) is 0 Å². The molecule has 110 valence electrons. The lowest BCUT2D eigenvalue weighted by Crippen LogP contribution is -2.23. The Labute approximate surface area is 132 Å². The van der Waals surface area contributed by atoms with Crippen LogP contribution < -0.4 is 0 Å². The lowest BCUT2D eigenvalue weighted by Gasteiger charge is -2.13. The summed E-state index contributed by atoms with van der Waals surface area (Å²) in [5.41, 5.74) is 1.09. The third-order valence-electron chi connectivity index (χ3n) is 3.62. The van der Waals surface area contributed by atoms with E-state index in [1.54, 1.807) is 0 Å². The number of aryl methyl sites for hydroxylation is 1. The predicted molar refractivity (Wildman–Crippen MR) is 86.2 cm³/mol. The third kappa shape index (κ3) is 3.50. The van der Waals surface area contributed by atoms with E-state index in [9.17, 15) is 9.59 Å². The first-order valence-corrected chi connectivity index (χ1v) is 7.58. The van der Waals surface area contributed by atoms with Crippen LogP contribution in [0.1, 0.15) is 18.9 Å². The summed E-state index contributed by atoms with van der Waals surface area (Å²) < 4.78 is 5.71. The number of benzene rings is 2. The van der Waals surface area contributed by atoms with Crippen molar-refractivity contribution in [2.45, 2.75) is 19.8 Å². The number of halogens is 1. The van der Waals surface area contributed by atoms with Crippen molar-refractivity contribution in [1.82, 2.24) is 0 Å². The van der Waals surface area contributed by atoms with Crippen molar-refractivity contribution in [1.29, 1.82) is 0 Å². The van der Waals surface area contributed by atoms with Crippen LogP contribution in [0.25, 0.3) is 10.8 Å². The van der Waals surface area contributed by atoms with Gasteiger partial charge in [-0.25, -0.2) is 0 Å². The second-order valence-corrected chi connectivity index (χ2v) is 5.78. The summed E-state index contributed by atoms with van der Waals surface area (Å²) in [6.45, 7) is 1.43. The lowest BCUT2D eigenvalue weighted by molar-refractivity contribution is -0.149. The Morgan fingerprint density at radius 1 is 1.19 bits per heavy atom. The second kappa shape index (κ2) is 6.85. The van der Waals surface area contributed by atoms with Gasteiger partial charge in [0.05, 0.1) is 7.11 Å². The van der Waals surface area contributed by atoms with Gasteiger partial charge in [0.15, 0.2) is 0 Å². The van der Waals surface area contributed by atoms with Crippen molar-refractivity contribution in [2.24, 2.45) is 5.92 Å². The molecule has 0 radical (unpaired) electrons. The highest BCUT2D eigenvalue weighted by Crippen LogP contribution is 2.29. The van der Waals surface area contributed by atoms with Gasteiger partial charge in [0, 0.05) is 4.47 Å². The number of hydrogen-bond acceptors (Lipinski definition) is 3. The minimum absolute atomic E-state index is 0.154. The Morgan fingerprint density at radius 2 is 1.90 bits per heavy atom. The fourth-order valence-corrected chi connectivity index (χ4v) is 3.09. The van der Waals surface area contributed by atoms with E-state index >= 15 is 0 Å². The zero-order chi connectivity index (χ0) is 15.4. The standard InChI is InChI=1S/C17H17BrO3/c1-11(19)14(17(20)21-2)10-9-13-8-7-12-5-3-4-6-15(12)16(13)18/h3-8,14H,9-10H2,1-2H3. The molecule has 0 aliphatic carbocycles. The molecule has 1 atom stereocenters. The maximum absolute atomic E-state index is 11.6. The topological polar surface area (TPSA) is 43.4 Å². The molecule has 0 fully saturated rings. The van der Waals surface area contributed by atoms with Gasteiger partial charge in [0.2, 0.25) is 0 Å². The highest BCUT2D eigenvalue weighted by Gasteiger charge is 2.24. The highest BCUT2D eigenvalue weighted by molar-refractivity contribution is 9.10. The summed E-state index contributed by atoms with van der Waals surface area (Å²) in [4.78, 5) is 23.2. The number of Topliss-reactive ketones (excluding diaryl/α,β-unsaturated/α-hetero) is 1. The molecule has 0 aromatic heterocycles. The van der Waals surface area contributed by atoms with E-state index in [2.05, 4.69) is 28.1 Å². The van der Waals surface area contributed by atoms with E-state index in [1.807, 2.05) is 24.3 Å². The summed E-state index contributed by atoms with van der Waals surface area (Å²) in [6.07, 6.45) is 1.10. The molecule has 2 rings (SSSR count). The highest BCUT2D eigenvalue weighted by atomic mass is 79.9. The van der Waals surface area contributed by atoms with Gasteiger partial charge in [-0.2, -0.15) is 0 Å². The van der Waals surface area contributed by atoms with Gasteiger partial charge in [-0.05, 0) is 52.0 Å². The molecule has 3 nitrogen and oxygen atoms in total. The lowest BCUT2D eigenvalue weighted by atomic mass is 9.95. The van der Waals surface area contributed by atoms with Crippen molar-refractivity contribution in [3.8, 4) is 0 Å². The van der Waals surface area contributed by atoms with E-state index in [0.717, 1.165) is 20.8 Å². The smallest absolute Gasteiger partial charge is 0.316 e. The van der Waals surface area contributed by atoms with Crippen molar-refractivity contribution in [3.63, 3.8) is 0 Å². The Balaban J connectivity index is 2.22. The van der Waals surface area contributed by atoms with Gasteiger partial charge in [-0.3, -0.25) is 9.59 Å². The maximum atomic E-state index is 11.6. The summed E-state index contributed by atoms with van der Waals surface area (Å²) >= 11 is 3.62. The molecule has 1 unspecified atom stereocenters. The van der Waals surface area contributed by atoms with Crippen LogP contribution in [-0.2, 0) is 20.7 Å². The number of esters is 1. The Morgan fingerprint density at radius 3 is 2.57 bits per heavy atom. The van der Waals surface area contributed by atoms with Crippen LogP contribution in [0.4, 0.5) is 0 Å². The molecule has 2 aromatic rings. The van der Waals surface area contributed by atoms with Gasteiger partial charge in [0.25, 0.3) is 0 Å². The van der Waals surface area contributed by atoms with E-state index in [0.29, 0.717) is 12.8 Å².